The van der Waals surface area contributed by atoms with E-state index in [1.165, 1.54) is 0 Å². The monoisotopic (exact) mass is 308 g/mol. The average molecular weight is 308 g/mol. The zero-order valence-electron chi connectivity index (χ0n) is 12.5. The number of halogens is 1. The molecular formula is C16H21FN2O3. The summed E-state index contributed by atoms with van der Waals surface area (Å²) in [5.74, 6) is 1.63. The van der Waals surface area contributed by atoms with Gasteiger partial charge in [0.05, 0.1) is 13.2 Å². The minimum atomic E-state index is -0.246. The maximum Gasteiger partial charge on any atom is 0.234 e. The fourth-order valence-electron chi connectivity index (χ4n) is 2.81. The molecule has 1 N–H and O–H groups in total. The zero-order chi connectivity index (χ0) is 15.4. The Morgan fingerprint density at radius 2 is 2.05 bits per heavy atom. The number of likely N-dealkylation sites (tertiary alicyclic amines) is 1. The van der Waals surface area contributed by atoms with E-state index in [9.17, 15) is 9.18 Å². The van der Waals surface area contributed by atoms with Crippen molar-refractivity contribution in [1.82, 2.24) is 10.2 Å². The summed E-state index contributed by atoms with van der Waals surface area (Å²) < 4.78 is 23.1. The molecule has 2 aliphatic heterocycles. The van der Waals surface area contributed by atoms with Crippen molar-refractivity contribution in [2.24, 2.45) is 5.92 Å². The molecule has 120 valence electrons. The summed E-state index contributed by atoms with van der Waals surface area (Å²) >= 11 is 0. The van der Waals surface area contributed by atoms with Crippen LogP contribution in [0.15, 0.2) is 18.2 Å². The van der Waals surface area contributed by atoms with Crippen LogP contribution in [0.4, 0.5) is 4.39 Å². The van der Waals surface area contributed by atoms with Gasteiger partial charge in [-0.05, 0) is 49.5 Å². The smallest absolute Gasteiger partial charge is 0.234 e. The van der Waals surface area contributed by atoms with Crippen molar-refractivity contribution < 1.29 is 18.7 Å². The van der Waals surface area contributed by atoms with Crippen LogP contribution in [0.1, 0.15) is 18.4 Å². The maximum atomic E-state index is 12.6. The molecule has 1 aromatic rings. The topological polar surface area (TPSA) is 50.8 Å². The molecule has 0 aromatic heterocycles. The van der Waals surface area contributed by atoms with Gasteiger partial charge in [-0.25, -0.2) is 0 Å². The molecule has 0 spiro atoms. The van der Waals surface area contributed by atoms with Crippen LogP contribution in [0.3, 0.4) is 0 Å². The Bertz CT molecular complexity index is 530. The summed E-state index contributed by atoms with van der Waals surface area (Å²) in [6.45, 7) is 2.45. The Labute approximate surface area is 129 Å². The lowest BCUT2D eigenvalue weighted by Gasteiger charge is -2.30. The van der Waals surface area contributed by atoms with E-state index in [1.54, 1.807) is 0 Å². The number of benzene rings is 1. The second-order valence-corrected chi connectivity index (χ2v) is 5.84. The van der Waals surface area contributed by atoms with Crippen LogP contribution in [0, 0.1) is 5.92 Å². The predicted octanol–water partition coefficient (Wildman–Crippen LogP) is 1.71. The van der Waals surface area contributed by atoms with Gasteiger partial charge in [0.25, 0.3) is 0 Å². The molecule has 0 unspecified atom stereocenters. The van der Waals surface area contributed by atoms with Crippen LogP contribution in [0.2, 0.25) is 0 Å². The first kappa shape index (κ1) is 15.1. The largest absolute Gasteiger partial charge is 0.454 e. The minimum absolute atomic E-state index is 0.00337. The highest BCUT2D eigenvalue weighted by Gasteiger charge is 2.20. The predicted molar refractivity (Wildman–Crippen MR) is 79.6 cm³/mol. The molecule has 3 rings (SSSR count). The number of amides is 1. The molecule has 1 fully saturated rings. The molecule has 1 aromatic carbocycles. The zero-order valence-corrected chi connectivity index (χ0v) is 12.5. The number of hydrogen-bond acceptors (Lipinski definition) is 4. The Kier molecular flexibility index (Phi) is 4.77. The van der Waals surface area contributed by atoms with E-state index in [2.05, 4.69) is 10.2 Å². The highest BCUT2D eigenvalue weighted by Crippen LogP contribution is 2.32. The van der Waals surface area contributed by atoms with Crippen molar-refractivity contribution in [2.45, 2.75) is 19.4 Å². The van der Waals surface area contributed by atoms with Crippen LogP contribution < -0.4 is 14.8 Å². The molecule has 2 heterocycles. The van der Waals surface area contributed by atoms with Crippen LogP contribution >= 0.6 is 0 Å². The number of hydrogen-bond donors (Lipinski definition) is 1. The fraction of sp³-hybridized carbons (Fsp3) is 0.562. The molecule has 5 nitrogen and oxygen atoms in total. The SMILES string of the molecule is O=C(CN1CCC(CF)CC1)NCc1ccc2c(c1)OCO2. The fourth-order valence-corrected chi connectivity index (χ4v) is 2.81. The van der Waals surface area contributed by atoms with Crippen LogP contribution in [-0.4, -0.2) is 43.9 Å². The Morgan fingerprint density at radius 3 is 2.82 bits per heavy atom. The van der Waals surface area contributed by atoms with Crippen molar-refractivity contribution >= 4 is 5.91 Å². The lowest BCUT2D eigenvalue weighted by molar-refractivity contribution is -0.122. The van der Waals surface area contributed by atoms with Gasteiger partial charge in [-0.15, -0.1) is 0 Å². The minimum Gasteiger partial charge on any atom is -0.454 e. The van der Waals surface area contributed by atoms with E-state index in [-0.39, 0.29) is 25.3 Å². The van der Waals surface area contributed by atoms with E-state index in [0.29, 0.717) is 13.1 Å². The maximum absolute atomic E-state index is 12.6. The number of ether oxygens (including phenoxy) is 2. The van der Waals surface area contributed by atoms with Gasteiger partial charge >= 0.3 is 0 Å². The third-order valence-electron chi connectivity index (χ3n) is 4.22. The average Bonchev–Trinajstić information content (AvgIpc) is 3.01. The standard InChI is InChI=1S/C16H21FN2O3/c17-8-12-3-5-19(6-4-12)10-16(20)18-9-13-1-2-14-15(7-13)22-11-21-14/h1-2,7,12H,3-6,8-11H2,(H,18,20). The lowest BCUT2D eigenvalue weighted by Crippen LogP contribution is -2.41. The molecule has 0 bridgehead atoms. The number of nitrogens with zero attached hydrogens (tertiary/aromatic N) is 1. The quantitative estimate of drug-likeness (QED) is 0.900. The van der Waals surface area contributed by atoms with E-state index in [0.717, 1.165) is 43.0 Å². The first-order valence-corrected chi connectivity index (χ1v) is 7.68. The van der Waals surface area contributed by atoms with Crippen molar-refractivity contribution in [3.8, 4) is 11.5 Å². The molecule has 22 heavy (non-hydrogen) atoms. The number of nitrogens with one attached hydrogen (secondary N) is 1. The molecule has 2 aliphatic rings. The van der Waals surface area contributed by atoms with Gasteiger partial charge in [-0.1, -0.05) is 6.07 Å². The molecule has 0 radical (unpaired) electrons. The summed E-state index contributed by atoms with van der Waals surface area (Å²) in [5, 5.41) is 2.91. The number of rotatable bonds is 5. The summed E-state index contributed by atoms with van der Waals surface area (Å²) in [5.41, 5.74) is 0.980. The van der Waals surface area contributed by atoms with Crippen molar-refractivity contribution in [3.63, 3.8) is 0 Å². The summed E-state index contributed by atoms with van der Waals surface area (Å²) in [4.78, 5) is 14.1. The third-order valence-corrected chi connectivity index (χ3v) is 4.22. The van der Waals surface area contributed by atoms with E-state index in [4.69, 9.17) is 9.47 Å². The highest BCUT2D eigenvalue weighted by atomic mass is 19.1. The highest BCUT2D eigenvalue weighted by molar-refractivity contribution is 5.78. The van der Waals surface area contributed by atoms with Crippen LogP contribution in [0.5, 0.6) is 11.5 Å². The second kappa shape index (κ2) is 6.96. The summed E-state index contributed by atoms with van der Waals surface area (Å²) in [7, 11) is 0. The van der Waals surface area contributed by atoms with Gasteiger partial charge in [0.15, 0.2) is 11.5 Å². The van der Waals surface area contributed by atoms with Crippen LogP contribution in [-0.2, 0) is 11.3 Å². The van der Waals surface area contributed by atoms with Crippen LogP contribution in [0.25, 0.3) is 0 Å². The van der Waals surface area contributed by atoms with Gasteiger partial charge in [0, 0.05) is 6.54 Å². The van der Waals surface area contributed by atoms with Crippen molar-refractivity contribution in [1.29, 1.82) is 0 Å². The number of alkyl halides is 1. The Hall–Kier alpha value is -1.82. The molecule has 0 saturated carbocycles. The Morgan fingerprint density at radius 1 is 1.27 bits per heavy atom. The second-order valence-electron chi connectivity index (χ2n) is 5.84. The molecule has 1 amide bonds. The molecular weight excluding hydrogens is 287 g/mol. The molecule has 0 atom stereocenters. The first-order valence-electron chi connectivity index (χ1n) is 7.68. The van der Waals surface area contributed by atoms with Gasteiger partial charge in [0.1, 0.15) is 0 Å². The van der Waals surface area contributed by atoms with Gasteiger partial charge in [0.2, 0.25) is 12.7 Å². The first-order chi connectivity index (χ1) is 10.7. The van der Waals surface area contributed by atoms with E-state index >= 15 is 0 Å². The number of piperidine rings is 1. The van der Waals surface area contributed by atoms with Gasteiger partial charge in [-0.2, -0.15) is 0 Å². The van der Waals surface area contributed by atoms with Gasteiger partial charge in [-0.3, -0.25) is 14.1 Å². The lowest BCUT2D eigenvalue weighted by atomic mass is 9.98. The molecule has 6 heteroatoms. The Balaban J connectivity index is 1.43. The number of carbonyl (C=O) groups is 1. The van der Waals surface area contributed by atoms with Crippen molar-refractivity contribution in [2.75, 3.05) is 33.1 Å². The molecule has 1 saturated heterocycles. The third kappa shape index (κ3) is 3.68. The number of fused-ring (bicyclic) bond motifs is 1. The molecule has 0 aliphatic carbocycles. The normalized spacial score (nSPS) is 18.4. The van der Waals surface area contributed by atoms with E-state index in [1.807, 2.05) is 18.2 Å². The van der Waals surface area contributed by atoms with Gasteiger partial charge < -0.3 is 14.8 Å². The van der Waals surface area contributed by atoms with Crippen molar-refractivity contribution in [3.05, 3.63) is 23.8 Å². The number of carbonyl (C=O) groups excluding carboxylic acids is 1. The van der Waals surface area contributed by atoms with E-state index < -0.39 is 0 Å². The summed E-state index contributed by atoms with van der Waals surface area (Å²) in [6.07, 6.45) is 1.68. The summed E-state index contributed by atoms with van der Waals surface area (Å²) in [6, 6.07) is 5.65.